The average Bonchev–Trinajstić information content (AvgIpc) is 2.88. The van der Waals surface area contributed by atoms with Crippen LogP contribution in [0.15, 0.2) is 18.2 Å². The van der Waals surface area contributed by atoms with Crippen LogP contribution in [-0.2, 0) is 9.53 Å². The number of anilines is 1. The molecule has 0 bridgehead atoms. The molecule has 0 radical (unpaired) electrons. The van der Waals surface area contributed by atoms with Crippen LogP contribution in [0.4, 0.5) is 5.69 Å². The van der Waals surface area contributed by atoms with Gasteiger partial charge in [0.1, 0.15) is 6.07 Å². The minimum absolute atomic E-state index is 0.0414. The summed E-state index contributed by atoms with van der Waals surface area (Å²) in [5.41, 5.74) is 1.29. The molecule has 1 aromatic rings. The fourth-order valence-electron chi connectivity index (χ4n) is 2.45. The summed E-state index contributed by atoms with van der Waals surface area (Å²) in [7, 11) is 1.41. The van der Waals surface area contributed by atoms with E-state index >= 15 is 0 Å². The number of carbonyl (C=O) groups is 1. The van der Waals surface area contributed by atoms with E-state index in [1.165, 1.54) is 7.11 Å². The first kappa shape index (κ1) is 13.7. The molecule has 100 valence electrons. The molecular formula is C14H15ClN2O2. The van der Waals surface area contributed by atoms with Gasteiger partial charge in [-0.05, 0) is 37.5 Å². The van der Waals surface area contributed by atoms with Gasteiger partial charge >= 0.3 is 5.97 Å². The Morgan fingerprint density at radius 1 is 1.53 bits per heavy atom. The number of hydrogen-bond donors (Lipinski definition) is 1. The topological polar surface area (TPSA) is 62.1 Å². The smallest absolute Gasteiger partial charge is 0.308 e. The lowest BCUT2D eigenvalue weighted by Gasteiger charge is -2.15. The van der Waals surface area contributed by atoms with E-state index in [9.17, 15) is 4.79 Å². The van der Waals surface area contributed by atoms with Crippen LogP contribution in [0.1, 0.15) is 24.8 Å². The first-order chi connectivity index (χ1) is 9.13. The van der Waals surface area contributed by atoms with Gasteiger partial charge in [-0.25, -0.2) is 0 Å². The van der Waals surface area contributed by atoms with Gasteiger partial charge in [0.25, 0.3) is 0 Å². The van der Waals surface area contributed by atoms with E-state index in [1.54, 1.807) is 18.2 Å². The maximum Gasteiger partial charge on any atom is 0.308 e. The largest absolute Gasteiger partial charge is 0.469 e. The van der Waals surface area contributed by atoms with E-state index in [4.69, 9.17) is 21.6 Å². The number of rotatable bonds is 3. The second-order valence-corrected chi connectivity index (χ2v) is 5.11. The number of nitrogens with one attached hydrogen (secondary N) is 1. The fourth-order valence-corrected chi connectivity index (χ4v) is 2.62. The number of nitrogens with zero attached hydrogens (tertiary/aromatic N) is 1. The predicted octanol–water partition coefficient (Wildman–Crippen LogP) is 2.97. The number of esters is 1. The molecule has 19 heavy (non-hydrogen) atoms. The minimum atomic E-state index is -0.152. The number of nitriles is 1. The number of methoxy groups -OCH3 is 1. The summed E-state index contributed by atoms with van der Waals surface area (Å²) in [5, 5.41) is 12.9. The van der Waals surface area contributed by atoms with E-state index in [2.05, 4.69) is 11.4 Å². The van der Waals surface area contributed by atoms with Gasteiger partial charge in [-0.3, -0.25) is 4.79 Å². The summed E-state index contributed by atoms with van der Waals surface area (Å²) in [6.45, 7) is 0. The molecule has 1 saturated carbocycles. The maximum absolute atomic E-state index is 11.5. The van der Waals surface area contributed by atoms with Crippen LogP contribution in [0, 0.1) is 17.2 Å². The fraction of sp³-hybridized carbons (Fsp3) is 0.429. The monoisotopic (exact) mass is 278 g/mol. The van der Waals surface area contributed by atoms with Crippen molar-refractivity contribution in [2.24, 2.45) is 5.92 Å². The van der Waals surface area contributed by atoms with Crippen LogP contribution in [0.25, 0.3) is 0 Å². The van der Waals surface area contributed by atoms with E-state index in [1.807, 2.05) is 0 Å². The van der Waals surface area contributed by atoms with Crippen molar-refractivity contribution in [2.45, 2.75) is 25.3 Å². The molecule has 1 aliphatic rings. The summed E-state index contributed by atoms with van der Waals surface area (Å²) in [6.07, 6.45) is 2.45. The summed E-state index contributed by atoms with van der Waals surface area (Å²) in [6, 6.07) is 7.49. The first-order valence-corrected chi connectivity index (χ1v) is 6.56. The highest BCUT2D eigenvalue weighted by Gasteiger charge is 2.30. The normalized spacial score (nSPS) is 21.7. The molecule has 4 nitrogen and oxygen atoms in total. The summed E-state index contributed by atoms with van der Waals surface area (Å²) >= 11 is 5.86. The van der Waals surface area contributed by atoms with Gasteiger partial charge in [-0.1, -0.05) is 11.6 Å². The Morgan fingerprint density at radius 2 is 2.32 bits per heavy atom. The molecule has 2 atom stereocenters. The Morgan fingerprint density at radius 3 is 3.00 bits per heavy atom. The Hall–Kier alpha value is -1.73. The van der Waals surface area contributed by atoms with Crippen LogP contribution in [0.3, 0.4) is 0 Å². The van der Waals surface area contributed by atoms with Gasteiger partial charge in [0.2, 0.25) is 0 Å². The van der Waals surface area contributed by atoms with Crippen molar-refractivity contribution in [3.05, 3.63) is 28.8 Å². The molecule has 0 amide bonds. The van der Waals surface area contributed by atoms with Gasteiger partial charge in [0.05, 0.1) is 24.3 Å². The van der Waals surface area contributed by atoms with Gasteiger partial charge in [0, 0.05) is 11.1 Å². The van der Waals surface area contributed by atoms with Crippen molar-refractivity contribution < 1.29 is 9.53 Å². The highest BCUT2D eigenvalue weighted by Crippen LogP contribution is 2.30. The van der Waals surface area contributed by atoms with Crippen LogP contribution >= 0.6 is 11.6 Å². The molecule has 0 spiro atoms. The van der Waals surface area contributed by atoms with Gasteiger partial charge in [0.15, 0.2) is 0 Å². The lowest BCUT2D eigenvalue weighted by Crippen LogP contribution is -2.19. The maximum atomic E-state index is 11.5. The number of halogens is 1. The molecule has 1 fully saturated rings. The molecule has 1 N–H and O–H groups in total. The van der Waals surface area contributed by atoms with E-state index in [0.29, 0.717) is 10.6 Å². The number of hydrogen-bond acceptors (Lipinski definition) is 4. The van der Waals surface area contributed by atoms with E-state index in [-0.39, 0.29) is 17.9 Å². The second kappa shape index (κ2) is 5.94. The highest BCUT2D eigenvalue weighted by molar-refractivity contribution is 6.30. The van der Waals surface area contributed by atoms with Crippen LogP contribution in [0.2, 0.25) is 5.02 Å². The number of benzene rings is 1. The lowest BCUT2D eigenvalue weighted by atomic mass is 10.1. The average molecular weight is 279 g/mol. The van der Waals surface area contributed by atoms with E-state index < -0.39 is 0 Å². The van der Waals surface area contributed by atoms with Crippen molar-refractivity contribution >= 4 is 23.3 Å². The first-order valence-electron chi connectivity index (χ1n) is 6.18. The van der Waals surface area contributed by atoms with Crippen molar-refractivity contribution in [1.29, 1.82) is 5.26 Å². The summed E-state index contributed by atoms with van der Waals surface area (Å²) in [5.74, 6) is -0.193. The Kier molecular flexibility index (Phi) is 4.28. The molecule has 0 aliphatic heterocycles. The minimum Gasteiger partial charge on any atom is -0.469 e. The predicted molar refractivity (Wildman–Crippen MR) is 72.9 cm³/mol. The Balaban J connectivity index is 2.04. The molecule has 0 saturated heterocycles. The third kappa shape index (κ3) is 3.18. The third-order valence-corrected chi connectivity index (χ3v) is 3.66. The molecule has 0 aromatic heterocycles. The molecule has 0 heterocycles. The Labute approximate surface area is 117 Å². The second-order valence-electron chi connectivity index (χ2n) is 4.68. The number of carbonyl (C=O) groups excluding carboxylic acids is 1. The molecule has 2 rings (SSSR count). The SMILES string of the molecule is COC(=O)[C@H]1CC[C@@H](Nc2ccc(Cl)cc2C#N)C1. The zero-order chi connectivity index (χ0) is 13.8. The zero-order valence-electron chi connectivity index (χ0n) is 10.6. The van der Waals surface area contributed by atoms with Gasteiger partial charge in [-0.15, -0.1) is 0 Å². The van der Waals surface area contributed by atoms with Crippen molar-refractivity contribution in [1.82, 2.24) is 0 Å². The van der Waals surface area contributed by atoms with Crippen molar-refractivity contribution in [2.75, 3.05) is 12.4 Å². The molecule has 0 unspecified atom stereocenters. The quantitative estimate of drug-likeness (QED) is 0.864. The molecule has 5 heteroatoms. The van der Waals surface area contributed by atoms with Gasteiger partial charge in [-0.2, -0.15) is 5.26 Å². The molecule has 1 aliphatic carbocycles. The van der Waals surface area contributed by atoms with Crippen molar-refractivity contribution in [3.8, 4) is 6.07 Å². The van der Waals surface area contributed by atoms with Gasteiger partial charge < -0.3 is 10.1 Å². The standard InChI is InChI=1S/C14H15ClN2O2/c1-19-14(18)9-2-4-12(7-9)17-13-5-3-11(15)6-10(13)8-16/h3,5-6,9,12,17H,2,4,7H2,1H3/t9-,12+/m0/s1. The lowest BCUT2D eigenvalue weighted by molar-refractivity contribution is -0.145. The van der Waals surface area contributed by atoms with E-state index in [0.717, 1.165) is 24.9 Å². The number of ether oxygens (including phenoxy) is 1. The van der Waals surface area contributed by atoms with Crippen LogP contribution in [-0.4, -0.2) is 19.1 Å². The summed E-state index contributed by atoms with van der Waals surface area (Å²) < 4.78 is 4.76. The van der Waals surface area contributed by atoms with Crippen molar-refractivity contribution in [3.63, 3.8) is 0 Å². The molecular weight excluding hydrogens is 264 g/mol. The molecule has 1 aromatic carbocycles. The summed E-state index contributed by atoms with van der Waals surface area (Å²) in [4.78, 5) is 11.5. The van der Waals surface area contributed by atoms with Crippen LogP contribution < -0.4 is 5.32 Å². The highest BCUT2D eigenvalue weighted by atomic mass is 35.5. The third-order valence-electron chi connectivity index (χ3n) is 3.43. The van der Waals surface area contributed by atoms with Crippen LogP contribution in [0.5, 0.6) is 0 Å². The zero-order valence-corrected chi connectivity index (χ0v) is 11.4. The Bertz CT molecular complexity index is 525.